The minimum absolute atomic E-state index is 0.0850. The normalized spacial score (nSPS) is 23.0. The number of nitrogens with zero attached hydrogens (tertiary/aromatic N) is 1. The number of carbonyl (C=O) groups is 1. The highest BCUT2D eigenvalue weighted by molar-refractivity contribution is 5.90. The Morgan fingerprint density at radius 3 is 2.62 bits per heavy atom. The molecule has 116 valence electrons. The minimum atomic E-state index is 0.0850. The van der Waals surface area contributed by atoms with Gasteiger partial charge < -0.3 is 16.0 Å². The summed E-state index contributed by atoms with van der Waals surface area (Å²) in [7, 11) is 0. The van der Waals surface area contributed by atoms with E-state index in [1.807, 2.05) is 24.3 Å². The van der Waals surface area contributed by atoms with Gasteiger partial charge in [0.1, 0.15) is 0 Å². The highest BCUT2D eigenvalue weighted by Crippen LogP contribution is 2.22. The van der Waals surface area contributed by atoms with E-state index in [-0.39, 0.29) is 5.91 Å². The van der Waals surface area contributed by atoms with Crippen molar-refractivity contribution in [1.82, 2.24) is 4.90 Å². The van der Waals surface area contributed by atoms with E-state index in [2.05, 4.69) is 24.1 Å². The fourth-order valence-electron chi connectivity index (χ4n) is 2.76. The Bertz CT molecular complexity index is 458. The van der Waals surface area contributed by atoms with E-state index in [1.165, 1.54) is 6.42 Å². The average molecular weight is 289 g/mol. The Morgan fingerprint density at radius 2 is 2.00 bits per heavy atom. The van der Waals surface area contributed by atoms with Crippen LogP contribution in [0.25, 0.3) is 0 Å². The van der Waals surface area contributed by atoms with E-state index in [0.29, 0.717) is 13.0 Å². The van der Waals surface area contributed by atoms with E-state index in [4.69, 9.17) is 5.73 Å². The number of amides is 1. The maximum Gasteiger partial charge on any atom is 0.225 e. The molecule has 1 saturated heterocycles. The van der Waals surface area contributed by atoms with E-state index >= 15 is 0 Å². The zero-order valence-electron chi connectivity index (χ0n) is 13.1. The second-order valence-corrected chi connectivity index (χ2v) is 6.24. The van der Waals surface area contributed by atoms with Crippen LogP contribution in [-0.2, 0) is 11.3 Å². The van der Waals surface area contributed by atoms with Gasteiger partial charge in [-0.3, -0.25) is 4.79 Å². The molecule has 1 aromatic carbocycles. The lowest BCUT2D eigenvalue weighted by Crippen LogP contribution is -2.39. The predicted octanol–water partition coefficient (Wildman–Crippen LogP) is 2.45. The van der Waals surface area contributed by atoms with Crippen LogP contribution in [0.3, 0.4) is 0 Å². The molecule has 2 unspecified atom stereocenters. The Kier molecular flexibility index (Phi) is 5.76. The van der Waals surface area contributed by atoms with Gasteiger partial charge in [-0.15, -0.1) is 0 Å². The molecule has 0 bridgehead atoms. The molecule has 1 fully saturated rings. The molecule has 0 radical (unpaired) electrons. The molecule has 3 N–H and O–H groups in total. The van der Waals surface area contributed by atoms with Crippen LogP contribution < -0.4 is 11.1 Å². The summed E-state index contributed by atoms with van der Waals surface area (Å²) in [6.45, 7) is 8.23. The van der Waals surface area contributed by atoms with Crippen molar-refractivity contribution in [2.45, 2.75) is 33.2 Å². The summed E-state index contributed by atoms with van der Waals surface area (Å²) in [5, 5.41) is 2.95. The molecule has 1 aliphatic rings. The van der Waals surface area contributed by atoms with Crippen molar-refractivity contribution >= 4 is 11.6 Å². The molecule has 0 aliphatic carbocycles. The van der Waals surface area contributed by atoms with Crippen LogP contribution in [0.15, 0.2) is 24.3 Å². The van der Waals surface area contributed by atoms with Gasteiger partial charge in [-0.05, 0) is 42.5 Å². The Hall–Kier alpha value is -1.39. The predicted molar refractivity (Wildman–Crippen MR) is 87.0 cm³/mol. The molecule has 1 aliphatic heterocycles. The van der Waals surface area contributed by atoms with Crippen molar-refractivity contribution in [1.29, 1.82) is 0 Å². The fraction of sp³-hybridized carbons (Fsp3) is 0.588. The van der Waals surface area contributed by atoms with E-state index in [0.717, 1.165) is 42.7 Å². The number of benzene rings is 1. The number of carbonyl (C=O) groups excluding carboxylic acids is 1. The molecule has 0 saturated carbocycles. The topological polar surface area (TPSA) is 58.4 Å². The molecule has 1 heterocycles. The molecule has 0 aromatic heterocycles. The van der Waals surface area contributed by atoms with Gasteiger partial charge >= 0.3 is 0 Å². The van der Waals surface area contributed by atoms with E-state index in [1.54, 1.807) is 0 Å². The standard InChI is InChI=1S/C17H27N3O/c1-13-7-9-20(12-14(13)2)10-8-17(21)19-16-5-3-15(11-18)4-6-16/h3-6,13-14H,7-12,18H2,1-2H3,(H,19,21). The van der Waals surface area contributed by atoms with Gasteiger partial charge in [-0.25, -0.2) is 0 Å². The molecule has 2 atom stereocenters. The smallest absolute Gasteiger partial charge is 0.225 e. The van der Waals surface area contributed by atoms with Gasteiger partial charge in [0.2, 0.25) is 5.91 Å². The molecule has 0 spiro atoms. The fourth-order valence-corrected chi connectivity index (χ4v) is 2.76. The number of piperidine rings is 1. The zero-order chi connectivity index (χ0) is 15.2. The monoisotopic (exact) mass is 289 g/mol. The average Bonchev–Trinajstić information content (AvgIpc) is 2.49. The highest BCUT2D eigenvalue weighted by atomic mass is 16.1. The number of nitrogens with one attached hydrogen (secondary N) is 1. The molecular formula is C17H27N3O. The summed E-state index contributed by atoms with van der Waals surface area (Å²) in [4.78, 5) is 14.4. The number of rotatable bonds is 5. The van der Waals surface area contributed by atoms with Crippen LogP contribution >= 0.6 is 0 Å². The molecule has 4 nitrogen and oxygen atoms in total. The zero-order valence-corrected chi connectivity index (χ0v) is 13.1. The van der Waals surface area contributed by atoms with Gasteiger partial charge in [-0.2, -0.15) is 0 Å². The maximum atomic E-state index is 12.0. The lowest BCUT2D eigenvalue weighted by Gasteiger charge is -2.35. The van der Waals surface area contributed by atoms with Crippen molar-refractivity contribution in [3.8, 4) is 0 Å². The van der Waals surface area contributed by atoms with Crippen molar-refractivity contribution in [3.05, 3.63) is 29.8 Å². The summed E-state index contributed by atoms with van der Waals surface area (Å²) in [6.07, 6.45) is 1.79. The summed E-state index contributed by atoms with van der Waals surface area (Å²) < 4.78 is 0. The van der Waals surface area contributed by atoms with Gasteiger partial charge in [0, 0.05) is 31.7 Å². The third-order valence-electron chi connectivity index (χ3n) is 4.55. The van der Waals surface area contributed by atoms with Crippen LogP contribution in [0.4, 0.5) is 5.69 Å². The summed E-state index contributed by atoms with van der Waals surface area (Å²) >= 11 is 0. The molecule has 21 heavy (non-hydrogen) atoms. The maximum absolute atomic E-state index is 12.0. The molecular weight excluding hydrogens is 262 g/mol. The summed E-state index contributed by atoms with van der Waals surface area (Å²) in [5.41, 5.74) is 7.48. The molecule has 1 aromatic rings. The second kappa shape index (κ2) is 7.57. The number of likely N-dealkylation sites (tertiary alicyclic amines) is 1. The first-order valence-corrected chi connectivity index (χ1v) is 7.89. The lowest BCUT2D eigenvalue weighted by atomic mass is 9.89. The van der Waals surface area contributed by atoms with Crippen LogP contribution in [0.5, 0.6) is 0 Å². The SMILES string of the molecule is CC1CCN(CCC(=O)Nc2ccc(CN)cc2)CC1C. The van der Waals surface area contributed by atoms with Crippen LogP contribution in [0, 0.1) is 11.8 Å². The Balaban J connectivity index is 1.74. The first-order valence-electron chi connectivity index (χ1n) is 7.89. The van der Waals surface area contributed by atoms with Crippen LogP contribution in [0.2, 0.25) is 0 Å². The van der Waals surface area contributed by atoms with Crippen LogP contribution in [-0.4, -0.2) is 30.4 Å². The van der Waals surface area contributed by atoms with Crippen LogP contribution in [0.1, 0.15) is 32.3 Å². The molecule has 1 amide bonds. The van der Waals surface area contributed by atoms with Gasteiger partial charge in [0.25, 0.3) is 0 Å². The molecule has 4 heteroatoms. The van der Waals surface area contributed by atoms with Gasteiger partial charge in [-0.1, -0.05) is 26.0 Å². The Morgan fingerprint density at radius 1 is 1.29 bits per heavy atom. The van der Waals surface area contributed by atoms with E-state index < -0.39 is 0 Å². The van der Waals surface area contributed by atoms with Crippen molar-refractivity contribution < 1.29 is 4.79 Å². The van der Waals surface area contributed by atoms with E-state index in [9.17, 15) is 4.79 Å². The minimum Gasteiger partial charge on any atom is -0.326 e. The lowest BCUT2D eigenvalue weighted by molar-refractivity contribution is -0.116. The quantitative estimate of drug-likeness (QED) is 0.875. The number of nitrogens with two attached hydrogens (primary N) is 1. The van der Waals surface area contributed by atoms with Crippen molar-refractivity contribution in [2.24, 2.45) is 17.6 Å². The highest BCUT2D eigenvalue weighted by Gasteiger charge is 2.22. The second-order valence-electron chi connectivity index (χ2n) is 6.24. The largest absolute Gasteiger partial charge is 0.326 e. The van der Waals surface area contributed by atoms with Crippen molar-refractivity contribution in [3.63, 3.8) is 0 Å². The summed E-state index contributed by atoms with van der Waals surface area (Å²) in [6, 6.07) is 7.71. The number of hydrogen-bond acceptors (Lipinski definition) is 3. The third kappa shape index (κ3) is 4.83. The van der Waals surface area contributed by atoms with Gasteiger partial charge in [0.15, 0.2) is 0 Å². The summed E-state index contributed by atoms with van der Waals surface area (Å²) in [5.74, 6) is 1.61. The Labute approximate surface area is 127 Å². The van der Waals surface area contributed by atoms with Crippen molar-refractivity contribution in [2.75, 3.05) is 25.0 Å². The first kappa shape index (κ1) is 16.0. The molecule has 2 rings (SSSR count). The first-order chi connectivity index (χ1) is 10.1. The third-order valence-corrected chi connectivity index (χ3v) is 4.55. The number of hydrogen-bond donors (Lipinski definition) is 2. The van der Waals surface area contributed by atoms with Gasteiger partial charge in [0.05, 0.1) is 0 Å². The number of anilines is 1.